The second kappa shape index (κ2) is 7.88. The maximum atomic E-state index is 12.6. The number of carbonyl (C=O) groups is 1. The minimum absolute atomic E-state index is 0.155. The predicted octanol–water partition coefficient (Wildman–Crippen LogP) is 0.893. The Balaban J connectivity index is 2.07. The van der Waals surface area contributed by atoms with Crippen LogP contribution in [0.1, 0.15) is 13.8 Å². The number of H-pyrrole nitrogens is 1. The van der Waals surface area contributed by atoms with Crippen molar-refractivity contribution in [1.82, 2.24) is 14.8 Å². The lowest BCUT2D eigenvalue weighted by Crippen LogP contribution is -2.32. The molecule has 0 aliphatic heterocycles. The Bertz CT molecular complexity index is 1210. The van der Waals surface area contributed by atoms with Crippen LogP contribution in [0.15, 0.2) is 29.2 Å². The minimum atomic E-state index is -0.729. The van der Waals surface area contributed by atoms with E-state index in [2.05, 4.69) is 15.5 Å². The number of anilines is 1. The molecule has 0 fully saturated rings. The highest BCUT2D eigenvalue weighted by Crippen LogP contribution is 2.16. The maximum absolute atomic E-state index is 12.6. The van der Waals surface area contributed by atoms with Crippen LogP contribution in [0.2, 0.25) is 0 Å². The monoisotopic (exact) mass is 383 g/mol. The summed E-state index contributed by atoms with van der Waals surface area (Å²) >= 11 is 1.07. The fraction of sp³-hybridized carbons (Fsp3) is 0.222. The van der Waals surface area contributed by atoms with E-state index in [0.717, 1.165) is 27.9 Å². The first-order chi connectivity index (χ1) is 13.1. The van der Waals surface area contributed by atoms with Gasteiger partial charge in [-0.05, 0) is 32.0 Å². The minimum Gasteiger partial charge on any atom is -0.462 e. The van der Waals surface area contributed by atoms with E-state index in [1.54, 1.807) is 26.2 Å². The lowest BCUT2D eigenvalue weighted by atomic mass is 10.2. The highest BCUT2D eigenvalue weighted by Gasteiger charge is 2.16. The molecule has 0 unspecified atom stereocenters. The topological polar surface area (TPSA) is 113 Å². The number of fused-ring (bicyclic) bond motifs is 1. The Labute approximate surface area is 158 Å². The molecule has 0 bridgehead atoms. The fourth-order valence-electron chi connectivity index (χ4n) is 2.55. The van der Waals surface area contributed by atoms with Crippen molar-refractivity contribution in [2.24, 2.45) is 0 Å². The molecular weight excluding hydrogens is 366 g/mol. The van der Waals surface area contributed by atoms with E-state index in [4.69, 9.17) is 4.74 Å². The van der Waals surface area contributed by atoms with E-state index in [1.165, 1.54) is 4.57 Å². The summed E-state index contributed by atoms with van der Waals surface area (Å²) in [5, 5.41) is 20.3. The second-order valence-electron chi connectivity index (χ2n) is 5.49. The van der Waals surface area contributed by atoms with E-state index in [0.29, 0.717) is 15.7 Å². The molecule has 3 aromatic rings. The normalized spacial score (nSPS) is 12.7. The number of rotatable bonds is 5. The molecular formula is C18H17N5O3S. The van der Waals surface area contributed by atoms with Crippen molar-refractivity contribution in [1.29, 1.82) is 5.26 Å². The van der Waals surface area contributed by atoms with E-state index >= 15 is 0 Å². The molecule has 0 radical (unpaired) electrons. The van der Waals surface area contributed by atoms with Crippen LogP contribution < -0.4 is 20.1 Å². The number of hydrogen-bond donors (Lipinski definition) is 2. The molecule has 2 aromatic heterocycles. The molecule has 27 heavy (non-hydrogen) atoms. The molecule has 0 atom stereocenters. The summed E-state index contributed by atoms with van der Waals surface area (Å²) < 4.78 is 6.99. The zero-order valence-electron chi connectivity index (χ0n) is 14.8. The van der Waals surface area contributed by atoms with Crippen LogP contribution in [-0.4, -0.2) is 27.3 Å². The quantitative estimate of drug-likeness (QED) is 0.633. The van der Waals surface area contributed by atoms with Gasteiger partial charge in [0.25, 0.3) is 5.56 Å². The molecule has 138 valence electrons. The van der Waals surface area contributed by atoms with Gasteiger partial charge in [0.1, 0.15) is 15.3 Å². The summed E-state index contributed by atoms with van der Waals surface area (Å²) in [4.78, 5) is 24.6. The standard InChI is InChI=1S/C18H17N5O3S/c1-3-23-16(24)15(27-17(23)13(8-19)18(25)26-4-2)10-20-12-6-5-11-9-21-22-14(11)7-12/h5-7,9-10,20H,3-4H2,1-2H3,(H,21,22)/b15-10+,17-13-. The van der Waals surface area contributed by atoms with Gasteiger partial charge < -0.3 is 10.1 Å². The van der Waals surface area contributed by atoms with Crippen molar-refractivity contribution in [2.75, 3.05) is 11.9 Å². The SMILES string of the molecule is CCOC(=O)/C(C#N)=c1\s/c(=C/Nc2ccc3cn[nH]c3c2)c(=O)n1CC. The Hall–Kier alpha value is -3.38. The lowest BCUT2D eigenvalue weighted by molar-refractivity contribution is -0.136. The number of thiazole rings is 1. The lowest BCUT2D eigenvalue weighted by Gasteiger charge is -2.00. The summed E-state index contributed by atoms with van der Waals surface area (Å²) in [6.45, 7) is 3.93. The molecule has 8 nitrogen and oxygen atoms in total. The van der Waals surface area contributed by atoms with Crippen molar-refractivity contribution in [3.05, 3.63) is 43.9 Å². The first-order valence-electron chi connectivity index (χ1n) is 8.30. The van der Waals surface area contributed by atoms with Gasteiger partial charge in [-0.1, -0.05) is 0 Å². The Morgan fingerprint density at radius 2 is 2.30 bits per heavy atom. The van der Waals surface area contributed by atoms with Crippen LogP contribution in [0.3, 0.4) is 0 Å². The van der Waals surface area contributed by atoms with Crippen LogP contribution in [0.5, 0.6) is 0 Å². The summed E-state index contributed by atoms with van der Waals surface area (Å²) in [7, 11) is 0. The third kappa shape index (κ3) is 3.61. The van der Waals surface area contributed by atoms with Crippen molar-refractivity contribution < 1.29 is 9.53 Å². The van der Waals surface area contributed by atoms with Gasteiger partial charge in [0.2, 0.25) is 0 Å². The van der Waals surface area contributed by atoms with Gasteiger partial charge in [0.15, 0.2) is 5.57 Å². The fourth-order valence-corrected chi connectivity index (χ4v) is 3.63. The third-order valence-electron chi connectivity index (χ3n) is 3.84. The number of benzene rings is 1. The molecule has 9 heteroatoms. The summed E-state index contributed by atoms with van der Waals surface area (Å²) in [6, 6.07) is 7.50. The molecule has 0 saturated heterocycles. The average Bonchev–Trinajstić information content (AvgIpc) is 3.25. The van der Waals surface area contributed by atoms with Crippen molar-refractivity contribution in [2.45, 2.75) is 20.4 Å². The summed E-state index contributed by atoms with van der Waals surface area (Å²) in [5.74, 6) is -0.729. The molecule has 0 aliphatic carbocycles. The molecule has 2 heterocycles. The first kappa shape index (κ1) is 18.4. The molecule has 0 spiro atoms. The largest absolute Gasteiger partial charge is 0.462 e. The number of nitrogens with zero attached hydrogens (tertiary/aromatic N) is 3. The summed E-state index contributed by atoms with van der Waals surface area (Å²) in [5.41, 5.74) is 1.21. The third-order valence-corrected chi connectivity index (χ3v) is 4.97. The predicted molar refractivity (Wildman–Crippen MR) is 103 cm³/mol. The van der Waals surface area contributed by atoms with Gasteiger partial charge >= 0.3 is 5.97 Å². The molecule has 2 N–H and O–H groups in total. The van der Waals surface area contributed by atoms with Crippen LogP contribution in [-0.2, 0) is 16.1 Å². The van der Waals surface area contributed by atoms with Crippen LogP contribution in [0, 0.1) is 11.3 Å². The van der Waals surface area contributed by atoms with Gasteiger partial charge in [0, 0.05) is 23.8 Å². The number of nitrogens with one attached hydrogen (secondary N) is 2. The van der Waals surface area contributed by atoms with Crippen molar-refractivity contribution >= 4 is 45.7 Å². The van der Waals surface area contributed by atoms with Gasteiger partial charge in [-0.2, -0.15) is 10.4 Å². The number of ether oxygens (including phenoxy) is 1. The van der Waals surface area contributed by atoms with Gasteiger partial charge in [0.05, 0.1) is 18.3 Å². The van der Waals surface area contributed by atoms with Crippen LogP contribution >= 0.6 is 11.3 Å². The Morgan fingerprint density at radius 3 is 3.00 bits per heavy atom. The number of esters is 1. The molecule has 3 rings (SSSR count). The molecule has 0 saturated carbocycles. The first-order valence-corrected chi connectivity index (χ1v) is 9.11. The number of hydrogen-bond acceptors (Lipinski definition) is 7. The smallest absolute Gasteiger partial charge is 0.351 e. The van der Waals surface area contributed by atoms with Gasteiger partial charge in [-0.3, -0.25) is 14.5 Å². The van der Waals surface area contributed by atoms with Crippen LogP contribution in [0.25, 0.3) is 22.7 Å². The highest BCUT2D eigenvalue weighted by atomic mass is 32.1. The number of aromatic amines is 1. The second-order valence-corrected chi connectivity index (χ2v) is 6.52. The zero-order chi connectivity index (χ0) is 19.4. The molecule has 1 aromatic carbocycles. The van der Waals surface area contributed by atoms with Crippen molar-refractivity contribution in [3.8, 4) is 6.07 Å². The van der Waals surface area contributed by atoms with E-state index in [1.807, 2.05) is 24.3 Å². The summed E-state index contributed by atoms with van der Waals surface area (Å²) in [6.07, 6.45) is 3.29. The van der Waals surface area contributed by atoms with Crippen LogP contribution in [0.4, 0.5) is 5.69 Å². The molecule has 0 aliphatic rings. The van der Waals surface area contributed by atoms with Gasteiger partial charge in [-0.15, -0.1) is 11.3 Å². The maximum Gasteiger partial charge on any atom is 0.351 e. The number of nitriles is 1. The Kier molecular flexibility index (Phi) is 5.38. The van der Waals surface area contributed by atoms with E-state index < -0.39 is 5.97 Å². The molecule has 0 amide bonds. The van der Waals surface area contributed by atoms with E-state index in [-0.39, 0.29) is 17.7 Å². The zero-order valence-corrected chi connectivity index (χ0v) is 15.6. The number of aromatic nitrogens is 3. The highest BCUT2D eigenvalue weighted by molar-refractivity contribution is 7.07. The van der Waals surface area contributed by atoms with Gasteiger partial charge in [-0.25, -0.2) is 4.79 Å². The van der Waals surface area contributed by atoms with Crippen molar-refractivity contribution in [3.63, 3.8) is 0 Å². The average molecular weight is 383 g/mol. The Morgan fingerprint density at radius 1 is 1.48 bits per heavy atom. The number of carbonyl (C=O) groups excluding carboxylic acids is 1. The van der Waals surface area contributed by atoms with E-state index in [9.17, 15) is 14.9 Å².